The molecule has 0 spiro atoms. The quantitative estimate of drug-likeness (QED) is 0.713. The molecule has 0 aliphatic rings. The van der Waals surface area contributed by atoms with Crippen LogP contribution >= 0.6 is 0 Å². The van der Waals surface area contributed by atoms with Gasteiger partial charge in [0.2, 0.25) is 0 Å². The van der Waals surface area contributed by atoms with Gasteiger partial charge in [-0.15, -0.1) is 0 Å². The van der Waals surface area contributed by atoms with Crippen molar-refractivity contribution in [3.63, 3.8) is 0 Å². The molecule has 0 saturated carbocycles. The lowest BCUT2D eigenvalue weighted by Gasteiger charge is -2.05. The third-order valence-corrected chi connectivity index (χ3v) is 2.38. The Hall–Kier alpha value is -1.76. The number of benzene rings is 2. The molecule has 0 heterocycles. The zero-order valence-corrected chi connectivity index (χ0v) is 9.14. The van der Waals surface area contributed by atoms with Gasteiger partial charge in [0.15, 0.2) is 0 Å². The van der Waals surface area contributed by atoms with Crippen LogP contribution in [0, 0.1) is 0 Å². The minimum atomic E-state index is 1.27. The van der Waals surface area contributed by atoms with Crippen LogP contribution in [0.5, 0.6) is 0 Å². The van der Waals surface area contributed by atoms with Crippen LogP contribution in [0.25, 0.3) is 16.8 Å². The second-order valence-electron chi connectivity index (χ2n) is 3.85. The second-order valence-corrected chi connectivity index (χ2v) is 3.85. The maximum atomic E-state index is 2.16. The van der Waals surface area contributed by atoms with E-state index in [0.717, 1.165) is 0 Å². The van der Waals surface area contributed by atoms with Gasteiger partial charge in [0, 0.05) is 14.1 Å². The molecule has 0 atom stereocenters. The summed E-state index contributed by atoms with van der Waals surface area (Å²) in [6, 6.07) is 14.8. The molecular weight excluding hydrogens is 182 g/mol. The van der Waals surface area contributed by atoms with Gasteiger partial charge in [-0.2, -0.15) is 0 Å². The van der Waals surface area contributed by atoms with Crippen LogP contribution in [0.2, 0.25) is 0 Å². The first kappa shape index (κ1) is 9.78. The third kappa shape index (κ3) is 2.18. The van der Waals surface area contributed by atoms with E-state index in [1.807, 2.05) is 19.0 Å². The summed E-state index contributed by atoms with van der Waals surface area (Å²) in [6.07, 6.45) is 4.21. The van der Waals surface area contributed by atoms with E-state index in [2.05, 4.69) is 54.7 Å². The van der Waals surface area contributed by atoms with Crippen molar-refractivity contribution < 1.29 is 0 Å². The largest absolute Gasteiger partial charge is 0.383 e. The van der Waals surface area contributed by atoms with Gasteiger partial charge in [0.1, 0.15) is 0 Å². The van der Waals surface area contributed by atoms with Crippen LogP contribution < -0.4 is 0 Å². The summed E-state index contributed by atoms with van der Waals surface area (Å²) in [5.74, 6) is 0. The van der Waals surface area contributed by atoms with E-state index in [-0.39, 0.29) is 0 Å². The summed E-state index contributed by atoms with van der Waals surface area (Å²) in [4.78, 5) is 2.04. The van der Waals surface area contributed by atoms with Gasteiger partial charge in [0.25, 0.3) is 0 Å². The second kappa shape index (κ2) is 4.18. The highest BCUT2D eigenvalue weighted by Gasteiger charge is 1.95. The maximum Gasteiger partial charge on any atom is 0.00556 e. The average molecular weight is 197 g/mol. The smallest absolute Gasteiger partial charge is 0.00556 e. The first-order valence-electron chi connectivity index (χ1n) is 5.10. The van der Waals surface area contributed by atoms with Crippen molar-refractivity contribution in [1.82, 2.24) is 4.90 Å². The zero-order valence-electron chi connectivity index (χ0n) is 9.14. The van der Waals surface area contributed by atoms with Crippen molar-refractivity contribution in [3.05, 3.63) is 54.2 Å². The van der Waals surface area contributed by atoms with Gasteiger partial charge in [0.05, 0.1) is 0 Å². The van der Waals surface area contributed by atoms with E-state index >= 15 is 0 Å². The molecule has 0 saturated heterocycles. The van der Waals surface area contributed by atoms with Gasteiger partial charge >= 0.3 is 0 Å². The molecule has 0 fully saturated rings. The van der Waals surface area contributed by atoms with Crippen LogP contribution in [-0.4, -0.2) is 19.0 Å². The van der Waals surface area contributed by atoms with Crippen molar-refractivity contribution in [2.75, 3.05) is 14.1 Å². The Morgan fingerprint density at radius 1 is 0.933 bits per heavy atom. The summed E-state index contributed by atoms with van der Waals surface area (Å²) in [7, 11) is 4.06. The first-order chi connectivity index (χ1) is 7.27. The average Bonchev–Trinajstić information content (AvgIpc) is 2.26. The molecule has 76 valence electrons. The van der Waals surface area contributed by atoms with E-state index in [1.54, 1.807) is 0 Å². The van der Waals surface area contributed by atoms with Crippen LogP contribution in [0.1, 0.15) is 5.56 Å². The summed E-state index contributed by atoms with van der Waals surface area (Å²) in [6.45, 7) is 0. The fraction of sp³-hybridized carbons (Fsp3) is 0.143. The number of rotatable bonds is 2. The lowest BCUT2D eigenvalue weighted by molar-refractivity contribution is 0.567. The minimum absolute atomic E-state index is 1.27. The molecule has 2 rings (SSSR count). The molecule has 1 nitrogen and oxygen atoms in total. The lowest BCUT2D eigenvalue weighted by atomic mass is 10.0. The highest BCUT2D eigenvalue weighted by Crippen LogP contribution is 2.19. The van der Waals surface area contributed by atoms with Crippen molar-refractivity contribution in [2.45, 2.75) is 0 Å². The van der Waals surface area contributed by atoms with E-state index in [9.17, 15) is 0 Å². The lowest BCUT2D eigenvalue weighted by Crippen LogP contribution is -1.99. The Bertz CT molecular complexity index is 478. The Labute approximate surface area is 90.6 Å². The van der Waals surface area contributed by atoms with Crippen LogP contribution in [-0.2, 0) is 0 Å². The SMILES string of the molecule is CN(C)/C=C\c1cccc2ccccc12. The van der Waals surface area contributed by atoms with E-state index in [1.165, 1.54) is 16.3 Å². The molecule has 2 aromatic carbocycles. The van der Waals surface area contributed by atoms with Crippen molar-refractivity contribution in [3.8, 4) is 0 Å². The van der Waals surface area contributed by atoms with Gasteiger partial charge in [-0.25, -0.2) is 0 Å². The number of hydrogen-bond acceptors (Lipinski definition) is 1. The minimum Gasteiger partial charge on any atom is -0.383 e. The van der Waals surface area contributed by atoms with E-state index in [0.29, 0.717) is 0 Å². The molecule has 1 heteroatoms. The van der Waals surface area contributed by atoms with E-state index < -0.39 is 0 Å². The topological polar surface area (TPSA) is 3.24 Å². The number of fused-ring (bicyclic) bond motifs is 1. The van der Waals surface area contributed by atoms with Gasteiger partial charge in [-0.05, 0) is 28.6 Å². The molecule has 15 heavy (non-hydrogen) atoms. The molecule has 0 N–H and O–H groups in total. The van der Waals surface area contributed by atoms with Gasteiger partial charge in [-0.3, -0.25) is 0 Å². The molecule has 0 radical (unpaired) electrons. The molecule has 0 amide bonds. The van der Waals surface area contributed by atoms with Crippen LogP contribution in [0.15, 0.2) is 48.7 Å². The standard InChI is InChI=1S/C14H15N/c1-15(2)11-10-13-8-5-7-12-6-3-4-9-14(12)13/h3-11H,1-2H3/b11-10-. The third-order valence-electron chi connectivity index (χ3n) is 2.38. The predicted molar refractivity (Wildman–Crippen MR) is 66.7 cm³/mol. The highest BCUT2D eigenvalue weighted by atomic mass is 15.0. The zero-order chi connectivity index (χ0) is 10.7. The summed E-state index contributed by atoms with van der Waals surface area (Å²) in [5.41, 5.74) is 1.27. The Morgan fingerprint density at radius 2 is 1.67 bits per heavy atom. The maximum absolute atomic E-state index is 2.16. The molecule has 0 unspecified atom stereocenters. The summed E-state index contributed by atoms with van der Waals surface area (Å²) < 4.78 is 0. The monoisotopic (exact) mass is 197 g/mol. The number of hydrogen-bond donors (Lipinski definition) is 0. The predicted octanol–water partition coefficient (Wildman–Crippen LogP) is 3.37. The fourth-order valence-electron chi connectivity index (χ4n) is 1.63. The van der Waals surface area contributed by atoms with Crippen molar-refractivity contribution >= 4 is 16.8 Å². The van der Waals surface area contributed by atoms with Crippen LogP contribution in [0.4, 0.5) is 0 Å². The van der Waals surface area contributed by atoms with Crippen LogP contribution in [0.3, 0.4) is 0 Å². The van der Waals surface area contributed by atoms with Crippen molar-refractivity contribution in [1.29, 1.82) is 0 Å². The van der Waals surface area contributed by atoms with Crippen molar-refractivity contribution in [2.24, 2.45) is 0 Å². The number of nitrogens with zero attached hydrogens (tertiary/aromatic N) is 1. The van der Waals surface area contributed by atoms with Gasteiger partial charge < -0.3 is 4.90 Å². The van der Waals surface area contributed by atoms with Gasteiger partial charge in [-0.1, -0.05) is 42.5 Å². The molecule has 0 aromatic heterocycles. The summed E-state index contributed by atoms with van der Waals surface area (Å²) >= 11 is 0. The molecular formula is C14H15N. The highest BCUT2D eigenvalue weighted by molar-refractivity contribution is 5.90. The molecule has 0 bridgehead atoms. The Morgan fingerprint density at radius 3 is 2.47 bits per heavy atom. The Balaban J connectivity index is 2.51. The first-order valence-corrected chi connectivity index (χ1v) is 5.10. The molecule has 0 aliphatic heterocycles. The Kier molecular flexibility index (Phi) is 2.72. The fourth-order valence-corrected chi connectivity index (χ4v) is 1.63. The molecule has 0 aliphatic carbocycles. The molecule has 2 aromatic rings. The normalized spacial score (nSPS) is 11.1. The van der Waals surface area contributed by atoms with E-state index in [4.69, 9.17) is 0 Å². The summed E-state index contributed by atoms with van der Waals surface area (Å²) in [5, 5.41) is 2.59.